The van der Waals surface area contributed by atoms with Gasteiger partial charge < -0.3 is 10.2 Å². The van der Waals surface area contributed by atoms with Crippen LogP contribution in [0.4, 0.5) is 5.69 Å². The standard InChI is InChI=1S/C25H32BrN3O4S/c1-18-9-4-5-10-20(18)16-28(19(2)25(31)27-22-12-6-7-13-22)24(30)17-29(34(3,32)33)23-14-8-11-21(26)15-23/h4-5,8-11,14-15,19,22H,6-7,12-13,16-17H2,1-3H3,(H,27,31). The first-order valence-electron chi connectivity index (χ1n) is 11.4. The van der Waals surface area contributed by atoms with Gasteiger partial charge in [-0.15, -0.1) is 0 Å². The van der Waals surface area contributed by atoms with Crippen LogP contribution in [-0.2, 0) is 26.2 Å². The van der Waals surface area contributed by atoms with Crippen LogP contribution in [0.1, 0.15) is 43.7 Å². The van der Waals surface area contributed by atoms with Gasteiger partial charge in [0.1, 0.15) is 12.6 Å². The van der Waals surface area contributed by atoms with Crippen LogP contribution in [0.3, 0.4) is 0 Å². The second-order valence-electron chi connectivity index (χ2n) is 8.86. The Morgan fingerprint density at radius 1 is 1.12 bits per heavy atom. The zero-order chi connectivity index (χ0) is 24.9. The highest BCUT2D eigenvalue weighted by atomic mass is 79.9. The van der Waals surface area contributed by atoms with Crippen molar-refractivity contribution in [2.45, 2.75) is 58.2 Å². The number of carbonyl (C=O) groups is 2. The van der Waals surface area contributed by atoms with Gasteiger partial charge in [-0.25, -0.2) is 8.42 Å². The number of nitrogens with one attached hydrogen (secondary N) is 1. The number of amides is 2. The summed E-state index contributed by atoms with van der Waals surface area (Å²) in [5.41, 5.74) is 2.28. The number of hydrogen-bond acceptors (Lipinski definition) is 4. The molecule has 2 aromatic rings. The maximum atomic E-state index is 13.6. The van der Waals surface area contributed by atoms with Gasteiger partial charge in [-0.2, -0.15) is 0 Å². The Bertz CT molecular complexity index is 1130. The Hall–Kier alpha value is -2.39. The molecule has 2 amide bonds. The summed E-state index contributed by atoms with van der Waals surface area (Å²) < 4.78 is 27.0. The predicted octanol–water partition coefficient (Wildman–Crippen LogP) is 4.00. The van der Waals surface area contributed by atoms with Crippen LogP contribution in [0.5, 0.6) is 0 Å². The van der Waals surface area contributed by atoms with E-state index in [-0.39, 0.29) is 18.5 Å². The van der Waals surface area contributed by atoms with Crippen molar-refractivity contribution < 1.29 is 18.0 Å². The van der Waals surface area contributed by atoms with Gasteiger partial charge >= 0.3 is 0 Å². The number of nitrogens with zero attached hydrogens (tertiary/aromatic N) is 2. The van der Waals surface area contributed by atoms with E-state index in [9.17, 15) is 18.0 Å². The van der Waals surface area contributed by atoms with Gasteiger partial charge in [0.15, 0.2) is 0 Å². The number of halogens is 1. The van der Waals surface area contributed by atoms with Crippen molar-refractivity contribution in [3.8, 4) is 0 Å². The number of rotatable bonds is 9. The maximum absolute atomic E-state index is 13.6. The Morgan fingerprint density at radius 3 is 2.41 bits per heavy atom. The first-order valence-corrected chi connectivity index (χ1v) is 14.1. The number of hydrogen-bond donors (Lipinski definition) is 1. The summed E-state index contributed by atoms with van der Waals surface area (Å²) in [4.78, 5) is 28.1. The third-order valence-electron chi connectivity index (χ3n) is 6.25. The monoisotopic (exact) mass is 549 g/mol. The molecule has 0 spiro atoms. The molecular weight excluding hydrogens is 518 g/mol. The molecule has 0 saturated heterocycles. The van der Waals surface area contributed by atoms with Crippen LogP contribution in [0, 0.1) is 6.92 Å². The molecule has 0 bridgehead atoms. The molecule has 0 aromatic heterocycles. The number of benzene rings is 2. The fourth-order valence-corrected chi connectivity index (χ4v) is 5.42. The van der Waals surface area contributed by atoms with E-state index in [4.69, 9.17) is 0 Å². The molecule has 3 rings (SSSR count). The topological polar surface area (TPSA) is 86.8 Å². The Kier molecular flexibility index (Phi) is 8.76. The molecule has 1 saturated carbocycles. The van der Waals surface area contributed by atoms with E-state index in [2.05, 4.69) is 21.2 Å². The molecule has 1 aliphatic carbocycles. The highest BCUT2D eigenvalue weighted by Crippen LogP contribution is 2.23. The van der Waals surface area contributed by atoms with E-state index in [1.54, 1.807) is 31.2 Å². The second kappa shape index (κ2) is 11.4. The molecule has 0 aliphatic heterocycles. The van der Waals surface area contributed by atoms with E-state index < -0.39 is 28.5 Å². The lowest BCUT2D eigenvalue weighted by atomic mass is 10.1. The third kappa shape index (κ3) is 6.82. The molecule has 1 atom stereocenters. The SMILES string of the molecule is Cc1ccccc1CN(C(=O)CN(c1cccc(Br)c1)S(C)(=O)=O)C(C)C(=O)NC1CCCC1. The van der Waals surface area contributed by atoms with Crippen LogP contribution >= 0.6 is 15.9 Å². The van der Waals surface area contributed by atoms with Crippen molar-refractivity contribution >= 4 is 43.5 Å². The average molecular weight is 551 g/mol. The third-order valence-corrected chi connectivity index (χ3v) is 7.88. The minimum atomic E-state index is -3.74. The summed E-state index contributed by atoms with van der Waals surface area (Å²) in [5, 5.41) is 3.07. The van der Waals surface area contributed by atoms with Crippen LogP contribution < -0.4 is 9.62 Å². The molecule has 1 N–H and O–H groups in total. The van der Waals surface area contributed by atoms with E-state index in [0.717, 1.165) is 47.4 Å². The Balaban J connectivity index is 1.89. The fourth-order valence-electron chi connectivity index (χ4n) is 4.19. The molecule has 34 heavy (non-hydrogen) atoms. The van der Waals surface area contributed by atoms with Crippen LogP contribution in [0.2, 0.25) is 0 Å². The molecule has 184 valence electrons. The summed E-state index contributed by atoms with van der Waals surface area (Å²) in [6, 6.07) is 13.8. The highest BCUT2D eigenvalue weighted by Gasteiger charge is 2.31. The molecule has 1 fully saturated rings. The minimum Gasteiger partial charge on any atom is -0.352 e. The Labute approximate surface area is 210 Å². The van der Waals surface area contributed by atoms with Crippen LogP contribution in [-0.4, -0.2) is 50.0 Å². The van der Waals surface area contributed by atoms with Gasteiger partial charge in [0.05, 0.1) is 11.9 Å². The first-order chi connectivity index (χ1) is 16.1. The average Bonchev–Trinajstić information content (AvgIpc) is 3.28. The summed E-state index contributed by atoms with van der Waals surface area (Å²) in [7, 11) is -3.74. The van der Waals surface area contributed by atoms with Crippen LogP contribution in [0.15, 0.2) is 53.0 Å². The molecule has 2 aromatic carbocycles. The quantitative estimate of drug-likeness (QED) is 0.512. The summed E-state index contributed by atoms with van der Waals surface area (Å²) >= 11 is 3.36. The minimum absolute atomic E-state index is 0.125. The molecule has 0 heterocycles. The van der Waals surface area contributed by atoms with E-state index in [1.807, 2.05) is 31.2 Å². The number of carbonyl (C=O) groups excluding carboxylic acids is 2. The van der Waals surface area contributed by atoms with Gasteiger partial charge in [-0.3, -0.25) is 13.9 Å². The summed E-state index contributed by atoms with van der Waals surface area (Å²) in [6.07, 6.45) is 5.12. The largest absolute Gasteiger partial charge is 0.352 e. The van der Waals surface area contributed by atoms with E-state index in [0.29, 0.717) is 10.2 Å². The first kappa shape index (κ1) is 26.2. The zero-order valence-electron chi connectivity index (χ0n) is 19.8. The summed E-state index contributed by atoms with van der Waals surface area (Å²) in [6.45, 7) is 3.46. The van der Waals surface area contributed by atoms with E-state index in [1.165, 1.54) is 4.90 Å². The van der Waals surface area contributed by atoms with Gasteiger partial charge in [0.2, 0.25) is 21.8 Å². The molecule has 9 heteroatoms. The lowest BCUT2D eigenvalue weighted by Gasteiger charge is -2.32. The van der Waals surface area contributed by atoms with Crippen molar-refractivity contribution in [2.75, 3.05) is 17.1 Å². The van der Waals surface area contributed by atoms with Crippen molar-refractivity contribution in [2.24, 2.45) is 0 Å². The Morgan fingerprint density at radius 2 is 1.79 bits per heavy atom. The van der Waals surface area contributed by atoms with Crippen molar-refractivity contribution in [3.05, 3.63) is 64.1 Å². The normalized spacial score (nSPS) is 15.1. The lowest BCUT2D eigenvalue weighted by Crippen LogP contribution is -2.52. The van der Waals surface area contributed by atoms with Crippen molar-refractivity contribution in [1.29, 1.82) is 0 Å². The smallest absolute Gasteiger partial charge is 0.244 e. The van der Waals surface area contributed by atoms with Gasteiger partial charge in [0, 0.05) is 17.1 Å². The van der Waals surface area contributed by atoms with E-state index >= 15 is 0 Å². The zero-order valence-corrected chi connectivity index (χ0v) is 22.2. The highest BCUT2D eigenvalue weighted by molar-refractivity contribution is 9.10. The lowest BCUT2D eigenvalue weighted by molar-refractivity contribution is -0.139. The predicted molar refractivity (Wildman–Crippen MR) is 138 cm³/mol. The molecule has 7 nitrogen and oxygen atoms in total. The van der Waals surface area contributed by atoms with Gasteiger partial charge in [-0.05, 0) is 56.0 Å². The number of anilines is 1. The maximum Gasteiger partial charge on any atom is 0.244 e. The fraction of sp³-hybridized carbons (Fsp3) is 0.440. The van der Waals surface area contributed by atoms with Crippen molar-refractivity contribution in [1.82, 2.24) is 10.2 Å². The van der Waals surface area contributed by atoms with Gasteiger partial charge in [-0.1, -0.05) is 59.1 Å². The summed E-state index contributed by atoms with van der Waals surface area (Å²) in [5.74, 6) is -0.662. The number of aryl methyl sites for hydroxylation is 1. The van der Waals surface area contributed by atoms with Gasteiger partial charge in [0.25, 0.3) is 0 Å². The molecule has 1 unspecified atom stereocenters. The molecule has 0 radical (unpaired) electrons. The second-order valence-corrected chi connectivity index (χ2v) is 11.7. The van der Waals surface area contributed by atoms with Crippen LogP contribution in [0.25, 0.3) is 0 Å². The van der Waals surface area contributed by atoms with Crippen molar-refractivity contribution in [3.63, 3.8) is 0 Å². The number of sulfonamides is 1. The molecule has 1 aliphatic rings. The molecular formula is C25H32BrN3O4S.